The number of hydrogen-bond donors (Lipinski definition) is 0. The van der Waals surface area contributed by atoms with Gasteiger partial charge < -0.3 is 27.8 Å². The Labute approximate surface area is 226 Å². The van der Waals surface area contributed by atoms with Crippen LogP contribution < -0.4 is 10.4 Å². The van der Waals surface area contributed by atoms with Crippen LogP contribution in [0.5, 0.6) is 0 Å². The van der Waals surface area contributed by atoms with Crippen molar-refractivity contribution in [2.45, 2.75) is 45.5 Å². The van der Waals surface area contributed by atoms with E-state index in [1.165, 1.54) is 10.4 Å². The third-order valence-corrected chi connectivity index (χ3v) is 12.0. The minimum absolute atomic E-state index is 0.0361. The molecule has 0 spiro atoms. The normalized spacial score (nSPS) is 12.7. The SMILES string of the molecule is CC(C)(C)[Si](OCCOCCOCCOCCOCCO[Si](C)(C)C)(c1ccccc1)c1ccccc1. The lowest BCUT2D eigenvalue weighted by Gasteiger charge is -2.43. The van der Waals surface area contributed by atoms with Gasteiger partial charge in [-0.25, -0.2) is 0 Å². The quantitative estimate of drug-likeness (QED) is 0.191. The zero-order valence-corrected chi connectivity index (χ0v) is 25.8. The molecule has 37 heavy (non-hydrogen) atoms. The molecule has 8 heteroatoms. The van der Waals surface area contributed by atoms with Gasteiger partial charge in [-0.05, 0) is 35.1 Å². The summed E-state index contributed by atoms with van der Waals surface area (Å²) in [5.74, 6) is 0. The van der Waals surface area contributed by atoms with Gasteiger partial charge in [-0.15, -0.1) is 0 Å². The molecule has 208 valence electrons. The Morgan fingerprint density at radius 1 is 0.486 bits per heavy atom. The van der Waals surface area contributed by atoms with Crippen molar-refractivity contribution in [3.8, 4) is 0 Å². The first kappa shape index (κ1) is 31.8. The van der Waals surface area contributed by atoms with Gasteiger partial charge in [0.05, 0.1) is 66.1 Å². The molecular weight excluding hydrogens is 500 g/mol. The highest BCUT2D eigenvalue weighted by Crippen LogP contribution is 2.36. The van der Waals surface area contributed by atoms with Crippen LogP contribution in [0.2, 0.25) is 24.7 Å². The molecule has 0 bridgehead atoms. The Bertz CT molecular complexity index is 797. The van der Waals surface area contributed by atoms with Crippen molar-refractivity contribution in [3.05, 3.63) is 60.7 Å². The summed E-state index contributed by atoms with van der Waals surface area (Å²) >= 11 is 0. The lowest BCUT2D eigenvalue weighted by Crippen LogP contribution is -2.66. The molecule has 0 aliphatic carbocycles. The average molecular weight is 549 g/mol. The monoisotopic (exact) mass is 548 g/mol. The van der Waals surface area contributed by atoms with Gasteiger partial charge in [-0.1, -0.05) is 81.4 Å². The molecule has 0 fully saturated rings. The summed E-state index contributed by atoms with van der Waals surface area (Å²) in [6.45, 7) is 19.0. The number of rotatable bonds is 19. The van der Waals surface area contributed by atoms with Crippen LogP contribution in [-0.2, 0) is 27.8 Å². The molecule has 0 aliphatic rings. The standard InChI is InChI=1S/C29H48O6Si2/c1-29(2,3)37(27-13-9-7-10-14-27,28-15-11-8-12-16-28)35-26-24-33-22-20-31-18-17-30-19-21-32-23-25-34-36(4,5)6/h7-16H,17-26H2,1-6H3. The molecule has 0 aromatic heterocycles. The maximum atomic E-state index is 6.83. The molecule has 0 saturated heterocycles. The van der Waals surface area contributed by atoms with E-state index in [1.54, 1.807) is 0 Å². The van der Waals surface area contributed by atoms with E-state index in [0.29, 0.717) is 66.1 Å². The molecule has 0 amide bonds. The van der Waals surface area contributed by atoms with Crippen LogP contribution in [0.15, 0.2) is 60.7 Å². The first-order valence-corrected chi connectivity index (χ1v) is 18.7. The van der Waals surface area contributed by atoms with Gasteiger partial charge in [-0.3, -0.25) is 0 Å². The van der Waals surface area contributed by atoms with Crippen molar-refractivity contribution in [1.29, 1.82) is 0 Å². The van der Waals surface area contributed by atoms with Crippen LogP contribution in [0.1, 0.15) is 20.8 Å². The third kappa shape index (κ3) is 11.5. The van der Waals surface area contributed by atoms with E-state index in [-0.39, 0.29) is 5.04 Å². The molecule has 0 aliphatic heterocycles. The van der Waals surface area contributed by atoms with Crippen LogP contribution in [0.4, 0.5) is 0 Å². The summed E-state index contributed by atoms with van der Waals surface area (Å²) in [5.41, 5.74) is 0. The predicted molar refractivity (Wildman–Crippen MR) is 156 cm³/mol. The maximum absolute atomic E-state index is 6.83. The minimum atomic E-state index is -2.51. The smallest absolute Gasteiger partial charge is 0.261 e. The summed E-state index contributed by atoms with van der Waals surface area (Å²) in [7, 11) is -3.96. The molecule has 0 saturated carbocycles. The van der Waals surface area contributed by atoms with E-state index in [2.05, 4.69) is 101 Å². The fourth-order valence-corrected chi connectivity index (χ4v) is 9.42. The summed E-state index contributed by atoms with van der Waals surface area (Å²) in [5, 5.41) is 2.52. The lowest BCUT2D eigenvalue weighted by molar-refractivity contribution is -0.00748. The molecule has 0 unspecified atom stereocenters. The molecule has 2 aromatic rings. The van der Waals surface area contributed by atoms with Gasteiger partial charge in [0.1, 0.15) is 0 Å². The second kappa shape index (κ2) is 16.6. The maximum Gasteiger partial charge on any atom is 0.261 e. The Morgan fingerprint density at radius 3 is 1.14 bits per heavy atom. The third-order valence-electron chi connectivity index (χ3n) is 5.84. The molecule has 6 nitrogen and oxygen atoms in total. The summed E-state index contributed by atoms with van der Waals surface area (Å²) in [4.78, 5) is 0. The predicted octanol–water partition coefficient (Wildman–Crippen LogP) is 4.48. The number of ether oxygens (including phenoxy) is 4. The second-order valence-electron chi connectivity index (χ2n) is 10.9. The summed E-state index contributed by atoms with van der Waals surface area (Å²) in [6, 6.07) is 21.3. The van der Waals surface area contributed by atoms with Gasteiger partial charge in [0, 0.05) is 0 Å². The zero-order chi connectivity index (χ0) is 27.0. The Hall–Kier alpha value is -1.37. The van der Waals surface area contributed by atoms with Gasteiger partial charge in [0.25, 0.3) is 8.32 Å². The lowest BCUT2D eigenvalue weighted by atomic mass is 10.2. The Morgan fingerprint density at radius 2 is 0.811 bits per heavy atom. The van der Waals surface area contributed by atoms with E-state index in [0.717, 1.165) is 0 Å². The van der Waals surface area contributed by atoms with Crippen LogP contribution in [0.3, 0.4) is 0 Å². The highest BCUT2D eigenvalue weighted by Gasteiger charge is 2.49. The minimum Gasteiger partial charge on any atom is -0.415 e. The fourth-order valence-electron chi connectivity index (χ4n) is 4.18. The number of hydrogen-bond acceptors (Lipinski definition) is 6. The van der Waals surface area contributed by atoms with Crippen LogP contribution in [0.25, 0.3) is 0 Å². The van der Waals surface area contributed by atoms with Crippen LogP contribution >= 0.6 is 0 Å². The zero-order valence-electron chi connectivity index (χ0n) is 23.8. The highest BCUT2D eigenvalue weighted by molar-refractivity contribution is 6.99. The van der Waals surface area contributed by atoms with Crippen molar-refractivity contribution in [1.82, 2.24) is 0 Å². The second-order valence-corrected chi connectivity index (χ2v) is 19.7. The first-order valence-electron chi connectivity index (χ1n) is 13.4. The summed E-state index contributed by atoms with van der Waals surface area (Å²) < 4.78 is 35.1. The molecule has 0 radical (unpaired) electrons. The van der Waals surface area contributed by atoms with Crippen molar-refractivity contribution in [2.24, 2.45) is 0 Å². The van der Waals surface area contributed by atoms with Crippen molar-refractivity contribution >= 4 is 27.0 Å². The van der Waals surface area contributed by atoms with E-state index in [4.69, 9.17) is 27.8 Å². The van der Waals surface area contributed by atoms with Crippen molar-refractivity contribution in [3.63, 3.8) is 0 Å². The van der Waals surface area contributed by atoms with E-state index < -0.39 is 16.6 Å². The first-order chi connectivity index (χ1) is 17.7. The van der Waals surface area contributed by atoms with E-state index in [9.17, 15) is 0 Å². The number of benzene rings is 2. The van der Waals surface area contributed by atoms with Crippen LogP contribution in [-0.4, -0.2) is 82.7 Å². The van der Waals surface area contributed by atoms with Gasteiger partial charge in [-0.2, -0.15) is 0 Å². The topological polar surface area (TPSA) is 55.4 Å². The van der Waals surface area contributed by atoms with Gasteiger partial charge >= 0.3 is 0 Å². The highest BCUT2D eigenvalue weighted by atomic mass is 28.4. The molecular formula is C29H48O6Si2. The summed E-state index contributed by atoms with van der Waals surface area (Å²) in [6.07, 6.45) is 0. The Balaban J connectivity index is 1.63. The molecule has 0 heterocycles. The Kier molecular flexibility index (Phi) is 14.3. The van der Waals surface area contributed by atoms with Gasteiger partial charge in [0.2, 0.25) is 0 Å². The molecule has 0 N–H and O–H groups in total. The molecule has 2 aromatic carbocycles. The average Bonchev–Trinajstić information content (AvgIpc) is 2.86. The fraction of sp³-hybridized carbons (Fsp3) is 0.586. The van der Waals surface area contributed by atoms with Crippen molar-refractivity contribution < 1.29 is 27.8 Å². The van der Waals surface area contributed by atoms with Crippen LogP contribution in [0, 0.1) is 0 Å². The van der Waals surface area contributed by atoms with E-state index in [1.807, 2.05) is 0 Å². The molecule has 2 rings (SSSR count). The van der Waals surface area contributed by atoms with Gasteiger partial charge in [0.15, 0.2) is 8.32 Å². The molecule has 0 atom stereocenters. The van der Waals surface area contributed by atoms with Crippen molar-refractivity contribution in [2.75, 3.05) is 66.1 Å². The van der Waals surface area contributed by atoms with E-state index >= 15 is 0 Å². The largest absolute Gasteiger partial charge is 0.415 e.